The zero-order valence-electron chi connectivity index (χ0n) is 13.7. The van der Waals surface area contributed by atoms with Gasteiger partial charge in [0.25, 0.3) is 0 Å². The van der Waals surface area contributed by atoms with Gasteiger partial charge in [-0.05, 0) is 36.6 Å². The van der Waals surface area contributed by atoms with E-state index in [0.29, 0.717) is 18.5 Å². The van der Waals surface area contributed by atoms with Crippen LogP contribution in [0.2, 0.25) is 0 Å². The van der Waals surface area contributed by atoms with E-state index in [4.69, 9.17) is 0 Å². The van der Waals surface area contributed by atoms with Crippen LogP contribution in [0.25, 0.3) is 6.08 Å². The minimum atomic E-state index is -1.14. The van der Waals surface area contributed by atoms with Crippen molar-refractivity contribution in [2.75, 3.05) is 5.32 Å². The fraction of sp³-hybridized carbons (Fsp3) is 0.389. The average molecular weight is 330 g/mol. The van der Waals surface area contributed by atoms with Crippen LogP contribution in [-0.2, 0) is 14.4 Å². The SMILES string of the molecule is CC(=O)Nc1ccc(/C=C\C(=O)NC2(C(=O)O)CCCCC2)cc1. The van der Waals surface area contributed by atoms with Gasteiger partial charge in [-0.15, -0.1) is 0 Å². The molecule has 1 aromatic carbocycles. The summed E-state index contributed by atoms with van der Waals surface area (Å²) in [6.45, 7) is 1.43. The molecule has 0 saturated heterocycles. The maximum absolute atomic E-state index is 12.1. The molecule has 3 N–H and O–H groups in total. The van der Waals surface area contributed by atoms with Crippen LogP contribution < -0.4 is 10.6 Å². The number of hydrogen-bond donors (Lipinski definition) is 3. The van der Waals surface area contributed by atoms with Crippen molar-refractivity contribution in [3.05, 3.63) is 35.9 Å². The Morgan fingerprint density at radius 1 is 1.08 bits per heavy atom. The van der Waals surface area contributed by atoms with Crippen molar-refractivity contribution in [1.82, 2.24) is 5.32 Å². The Bertz CT molecular complexity index is 643. The summed E-state index contributed by atoms with van der Waals surface area (Å²) in [4.78, 5) is 34.6. The molecule has 24 heavy (non-hydrogen) atoms. The summed E-state index contributed by atoms with van der Waals surface area (Å²) in [6.07, 6.45) is 6.50. The van der Waals surface area contributed by atoms with Gasteiger partial charge < -0.3 is 15.7 Å². The van der Waals surface area contributed by atoms with Crippen LogP contribution in [0.1, 0.15) is 44.6 Å². The van der Waals surface area contributed by atoms with Gasteiger partial charge in [-0.25, -0.2) is 4.79 Å². The fourth-order valence-electron chi connectivity index (χ4n) is 2.88. The first kappa shape index (κ1) is 17.7. The molecule has 2 amide bonds. The fourth-order valence-corrected chi connectivity index (χ4v) is 2.88. The maximum atomic E-state index is 12.1. The van der Waals surface area contributed by atoms with E-state index in [1.165, 1.54) is 13.0 Å². The van der Waals surface area contributed by atoms with Gasteiger partial charge in [-0.3, -0.25) is 9.59 Å². The third-order valence-electron chi connectivity index (χ3n) is 4.14. The standard InChI is InChI=1S/C18H22N2O4/c1-13(21)19-15-8-5-14(6-9-15)7-10-16(22)20-18(17(23)24)11-3-2-4-12-18/h5-10H,2-4,11-12H2,1H3,(H,19,21)(H,20,22)(H,23,24)/b10-7-. The second kappa shape index (κ2) is 7.77. The van der Waals surface area contributed by atoms with Gasteiger partial charge in [0.2, 0.25) is 11.8 Å². The van der Waals surface area contributed by atoms with Crippen molar-refractivity contribution in [2.45, 2.75) is 44.6 Å². The lowest BCUT2D eigenvalue weighted by atomic mass is 9.81. The normalized spacial score (nSPS) is 16.5. The highest BCUT2D eigenvalue weighted by atomic mass is 16.4. The monoisotopic (exact) mass is 330 g/mol. The molecule has 0 radical (unpaired) electrons. The molecule has 1 saturated carbocycles. The summed E-state index contributed by atoms with van der Waals surface area (Å²) in [5.41, 5.74) is 0.318. The van der Waals surface area contributed by atoms with Crippen molar-refractivity contribution in [3.8, 4) is 0 Å². The highest BCUT2D eigenvalue weighted by molar-refractivity contribution is 5.96. The number of carboxylic acids is 1. The number of benzene rings is 1. The third-order valence-corrected chi connectivity index (χ3v) is 4.14. The van der Waals surface area contributed by atoms with E-state index < -0.39 is 17.4 Å². The van der Waals surface area contributed by atoms with Crippen LogP contribution in [-0.4, -0.2) is 28.4 Å². The molecule has 1 aliphatic carbocycles. The molecular weight excluding hydrogens is 308 g/mol. The molecule has 6 heteroatoms. The molecule has 1 aliphatic rings. The second-order valence-electron chi connectivity index (χ2n) is 6.07. The predicted octanol–water partition coefficient (Wildman–Crippen LogP) is 2.56. The first-order valence-corrected chi connectivity index (χ1v) is 8.03. The van der Waals surface area contributed by atoms with Crippen LogP contribution in [0.5, 0.6) is 0 Å². The molecule has 0 bridgehead atoms. The van der Waals surface area contributed by atoms with Crippen molar-refractivity contribution < 1.29 is 19.5 Å². The molecule has 0 spiro atoms. The van der Waals surface area contributed by atoms with Crippen LogP contribution >= 0.6 is 0 Å². The van der Waals surface area contributed by atoms with Crippen LogP contribution in [0, 0.1) is 0 Å². The van der Waals surface area contributed by atoms with Crippen LogP contribution in [0.3, 0.4) is 0 Å². The lowest BCUT2D eigenvalue weighted by Crippen LogP contribution is -2.55. The van der Waals surface area contributed by atoms with E-state index in [-0.39, 0.29) is 5.91 Å². The molecule has 2 rings (SSSR count). The average Bonchev–Trinajstić information content (AvgIpc) is 2.54. The molecular formula is C18H22N2O4. The molecule has 128 valence electrons. The summed E-state index contributed by atoms with van der Waals surface area (Å²) < 4.78 is 0. The number of carboxylic acid groups (broad SMARTS) is 1. The summed E-state index contributed by atoms with van der Waals surface area (Å²) >= 11 is 0. The number of nitrogens with one attached hydrogen (secondary N) is 2. The second-order valence-corrected chi connectivity index (χ2v) is 6.07. The first-order chi connectivity index (χ1) is 11.4. The minimum absolute atomic E-state index is 0.149. The number of anilines is 1. The van der Waals surface area contributed by atoms with E-state index in [0.717, 1.165) is 24.8 Å². The summed E-state index contributed by atoms with van der Waals surface area (Å²) in [5.74, 6) is -1.53. The third kappa shape index (κ3) is 4.68. The van der Waals surface area contributed by atoms with Crippen LogP contribution in [0.4, 0.5) is 5.69 Å². The number of rotatable bonds is 5. The number of carbonyl (C=O) groups excluding carboxylic acids is 2. The smallest absolute Gasteiger partial charge is 0.329 e. The Labute approximate surface area is 140 Å². The minimum Gasteiger partial charge on any atom is -0.480 e. The Morgan fingerprint density at radius 2 is 1.71 bits per heavy atom. The molecule has 0 aliphatic heterocycles. The highest BCUT2D eigenvalue weighted by Crippen LogP contribution is 2.28. The van der Waals surface area contributed by atoms with Gasteiger partial charge in [0.15, 0.2) is 0 Å². The zero-order chi connectivity index (χ0) is 17.6. The highest BCUT2D eigenvalue weighted by Gasteiger charge is 2.40. The molecule has 1 fully saturated rings. The van der Waals surface area contributed by atoms with Crippen LogP contribution in [0.15, 0.2) is 30.3 Å². The number of amides is 2. The Morgan fingerprint density at radius 3 is 2.25 bits per heavy atom. The first-order valence-electron chi connectivity index (χ1n) is 8.03. The Kier molecular flexibility index (Phi) is 5.73. The lowest BCUT2D eigenvalue weighted by molar-refractivity contribution is -0.148. The number of aliphatic carboxylic acids is 1. The maximum Gasteiger partial charge on any atom is 0.329 e. The van der Waals surface area contributed by atoms with Crippen molar-refractivity contribution in [1.29, 1.82) is 0 Å². The summed E-state index contributed by atoms with van der Waals surface area (Å²) in [5, 5.41) is 14.8. The molecule has 0 atom stereocenters. The number of carbonyl (C=O) groups is 3. The topological polar surface area (TPSA) is 95.5 Å². The van der Waals surface area contributed by atoms with E-state index in [9.17, 15) is 19.5 Å². The molecule has 0 heterocycles. The van der Waals surface area contributed by atoms with Gasteiger partial charge in [0.1, 0.15) is 5.54 Å². The predicted molar refractivity (Wildman–Crippen MR) is 91.4 cm³/mol. The van der Waals surface area contributed by atoms with Crippen molar-refractivity contribution in [2.24, 2.45) is 0 Å². The van der Waals surface area contributed by atoms with Gasteiger partial charge in [0.05, 0.1) is 0 Å². The van der Waals surface area contributed by atoms with Gasteiger partial charge >= 0.3 is 5.97 Å². The quantitative estimate of drug-likeness (QED) is 0.723. The van der Waals surface area contributed by atoms with E-state index >= 15 is 0 Å². The summed E-state index contributed by atoms with van der Waals surface area (Å²) in [7, 11) is 0. The Hall–Kier alpha value is -2.63. The zero-order valence-corrected chi connectivity index (χ0v) is 13.7. The van der Waals surface area contributed by atoms with E-state index in [2.05, 4.69) is 10.6 Å². The largest absolute Gasteiger partial charge is 0.480 e. The Balaban J connectivity index is 1.99. The summed E-state index contributed by atoms with van der Waals surface area (Å²) in [6, 6.07) is 7.00. The van der Waals surface area contributed by atoms with E-state index in [1.54, 1.807) is 30.3 Å². The van der Waals surface area contributed by atoms with Crippen molar-refractivity contribution in [3.63, 3.8) is 0 Å². The number of hydrogen-bond acceptors (Lipinski definition) is 3. The van der Waals surface area contributed by atoms with Gasteiger partial charge in [0, 0.05) is 18.7 Å². The van der Waals surface area contributed by atoms with E-state index in [1.807, 2.05) is 0 Å². The molecule has 6 nitrogen and oxygen atoms in total. The molecule has 1 aromatic rings. The molecule has 0 unspecified atom stereocenters. The van der Waals surface area contributed by atoms with Gasteiger partial charge in [-0.1, -0.05) is 31.4 Å². The molecule has 0 aromatic heterocycles. The van der Waals surface area contributed by atoms with Crippen molar-refractivity contribution >= 4 is 29.5 Å². The lowest BCUT2D eigenvalue weighted by Gasteiger charge is -2.33. The van der Waals surface area contributed by atoms with Gasteiger partial charge in [-0.2, -0.15) is 0 Å².